The largest absolute Gasteiger partial charge is 0.550 e. The van der Waals surface area contributed by atoms with Crippen molar-refractivity contribution in [3.8, 4) is 0 Å². The molecule has 1 aromatic carbocycles. The summed E-state index contributed by atoms with van der Waals surface area (Å²) in [6.07, 6.45) is 3.50. The molecule has 0 bridgehead atoms. The molecule has 1 N–H and O–H groups in total. The van der Waals surface area contributed by atoms with Gasteiger partial charge in [-0.3, -0.25) is 0 Å². The molecule has 3 heteroatoms. The van der Waals surface area contributed by atoms with Gasteiger partial charge in [0.15, 0.2) is 0 Å². The van der Waals surface area contributed by atoms with Crippen molar-refractivity contribution in [3.63, 3.8) is 0 Å². The quantitative estimate of drug-likeness (QED) is 0.808. The third-order valence-corrected chi connectivity index (χ3v) is 2.42. The van der Waals surface area contributed by atoms with E-state index in [4.69, 9.17) is 0 Å². The molecule has 0 saturated heterocycles. The zero-order valence-corrected chi connectivity index (χ0v) is 8.36. The molecule has 1 aromatic heterocycles. The van der Waals surface area contributed by atoms with Crippen LogP contribution in [0.2, 0.25) is 0 Å². The number of hydrogen-bond acceptors (Lipinski definition) is 2. The molecule has 0 spiro atoms. The van der Waals surface area contributed by atoms with Crippen LogP contribution in [0.25, 0.3) is 10.9 Å². The van der Waals surface area contributed by atoms with Crippen LogP contribution in [-0.2, 0) is 4.79 Å². The minimum absolute atomic E-state index is 0.579. The van der Waals surface area contributed by atoms with Crippen molar-refractivity contribution in [2.24, 2.45) is 5.92 Å². The Bertz CT molecular complexity index is 487. The number of hydrogen-bond donors (Lipinski definition) is 1. The van der Waals surface area contributed by atoms with Crippen LogP contribution in [-0.4, -0.2) is 11.0 Å². The van der Waals surface area contributed by atoms with E-state index in [0.717, 1.165) is 16.5 Å². The fraction of sp³-hybridized carbons (Fsp3) is 0.167. The first-order chi connectivity index (χ1) is 7.18. The highest BCUT2D eigenvalue weighted by molar-refractivity contribution is 5.85. The molecule has 2 rings (SSSR count). The van der Waals surface area contributed by atoms with Crippen LogP contribution in [0, 0.1) is 12.3 Å². The number of para-hydroxylation sites is 1. The zero-order valence-electron chi connectivity index (χ0n) is 8.36. The van der Waals surface area contributed by atoms with Crippen molar-refractivity contribution in [2.75, 3.05) is 0 Å². The fourth-order valence-electron chi connectivity index (χ4n) is 1.57. The summed E-state index contributed by atoms with van der Waals surface area (Å²) < 4.78 is 0. The van der Waals surface area contributed by atoms with Crippen molar-refractivity contribution in [1.82, 2.24) is 4.98 Å². The molecule has 1 radical (unpaired) electrons. The molecule has 77 valence electrons. The Morgan fingerprint density at radius 3 is 2.93 bits per heavy atom. The summed E-state index contributed by atoms with van der Waals surface area (Å²) in [5.74, 6) is -1.63. The average Bonchev–Trinajstić information content (AvgIpc) is 2.62. The second kappa shape index (κ2) is 3.77. The molecule has 15 heavy (non-hydrogen) atoms. The number of carboxylic acids is 1. The Morgan fingerprint density at radius 2 is 2.20 bits per heavy atom. The predicted octanol–water partition coefficient (Wildman–Crippen LogP) is 1.11. The van der Waals surface area contributed by atoms with Gasteiger partial charge in [0, 0.05) is 35.4 Å². The molecule has 1 atom stereocenters. The molecule has 0 fully saturated rings. The number of carboxylic acid groups (broad SMARTS) is 1. The van der Waals surface area contributed by atoms with E-state index in [1.807, 2.05) is 30.5 Å². The highest BCUT2D eigenvalue weighted by Crippen LogP contribution is 2.21. The normalized spacial score (nSPS) is 12.9. The SMILES string of the molecule is CC([CH]c1c[nH]c2ccccc12)C(=O)[O-]. The van der Waals surface area contributed by atoms with Crippen molar-refractivity contribution in [3.05, 3.63) is 42.4 Å². The number of benzene rings is 1. The van der Waals surface area contributed by atoms with Crippen molar-refractivity contribution >= 4 is 16.9 Å². The van der Waals surface area contributed by atoms with E-state index >= 15 is 0 Å². The molecule has 0 saturated carbocycles. The van der Waals surface area contributed by atoms with Crippen LogP contribution in [0.4, 0.5) is 0 Å². The maximum absolute atomic E-state index is 10.6. The molecule has 0 amide bonds. The average molecular weight is 201 g/mol. The van der Waals surface area contributed by atoms with Gasteiger partial charge in [-0.05, 0) is 11.6 Å². The summed E-state index contributed by atoms with van der Waals surface area (Å²) >= 11 is 0. The van der Waals surface area contributed by atoms with E-state index < -0.39 is 11.9 Å². The highest BCUT2D eigenvalue weighted by Gasteiger charge is 2.08. The Morgan fingerprint density at radius 1 is 1.47 bits per heavy atom. The molecule has 1 heterocycles. The minimum atomic E-state index is -1.06. The lowest BCUT2D eigenvalue weighted by atomic mass is 10.0. The summed E-state index contributed by atoms with van der Waals surface area (Å²) in [4.78, 5) is 13.7. The lowest BCUT2D eigenvalue weighted by Gasteiger charge is -2.10. The molecule has 2 aromatic rings. The minimum Gasteiger partial charge on any atom is -0.550 e. The van der Waals surface area contributed by atoms with Gasteiger partial charge in [-0.25, -0.2) is 0 Å². The molecular weight excluding hydrogens is 190 g/mol. The van der Waals surface area contributed by atoms with Crippen molar-refractivity contribution in [1.29, 1.82) is 0 Å². The van der Waals surface area contributed by atoms with Crippen LogP contribution >= 0.6 is 0 Å². The van der Waals surface area contributed by atoms with Crippen LogP contribution in [0.3, 0.4) is 0 Å². The van der Waals surface area contributed by atoms with Gasteiger partial charge in [-0.1, -0.05) is 25.1 Å². The van der Waals surface area contributed by atoms with E-state index in [1.54, 1.807) is 13.3 Å². The molecule has 0 aliphatic carbocycles. The molecule has 0 aliphatic rings. The Hall–Kier alpha value is -1.77. The first-order valence-corrected chi connectivity index (χ1v) is 4.80. The van der Waals surface area contributed by atoms with Gasteiger partial charge in [-0.2, -0.15) is 0 Å². The number of carbonyl (C=O) groups excluding carboxylic acids is 1. The van der Waals surface area contributed by atoms with Gasteiger partial charge in [0.25, 0.3) is 0 Å². The third kappa shape index (κ3) is 1.86. The maximum Gasteiger partial charge on any atom is 0.0456 e. The van der Waals surface area contributed by atoms with Gasteiger partial charge >= 0.3 is 0 Å². The first-order valence-electron chi connectivity index (χ1n) is 4.80. The van der Waals surface area contributed by atoms with Crippen molar-refractivity contribution < 1.29 is 9.90 Å². The molecular formula is C12H11NO2-. The molecule has 1 unspecified atom stereocenters. The zero-order chi connectivity index (χ0) is 10.8. The predicted molar refractivity (Wildman–Crippen MR) is 55.9 cm³/mol. The van der Waals surface area contributed by atoms with Crippen LogP contribution in [0.15, 0.2) is 30.5 Å². The summed E-state index contributed by atoms with van der Waals surface area (Å²) in [6.45, 7) is 1.61. The number of aromatic nitrogens is 1. The summed E-state index contributed by atoms with van der Waals surface area (Å²) in [6, 6.07) is 7.78. The second-order valence-corrected chi connectivity index (χ2v) is 3.56. The van der Waals surface area contributed by atoms with E-state index in [0.29, 0.717) is 0 Å². The van der Waals surface area contributed by atoms with E-state index in [1.165, 1.54) is 0 Å². The van der Waals surface area contributed by atoms with Gasteiger partial charge in [0.2, 0.25) is 0 Å². The third-order valence-electron chi connectivity index (χ3n) is 2.42. The lowest BCUT2D eigenvalue weighted by Crippen LogP contribution is -2.29. The lowest BCUT2D eigenvalue weighted by molar-refractivity contribution is -0.309. The first kappa shape index (κ1) is 9.77. The number of aromatic amines is 1. The van der Waals surface area contributed by atoms with E-state index in [2.05, 4.69) is 4.98 Å². The Balaban J connectivity index is 2.32. The Kier molecular flexibility index (Phi) is 2.46. The maximum atomic E-state index is 10.6. The van der Waals surface area contributed by atoms with E-state index in [-0.39, 0.29) is 0 Å². The van der Waals surface area contributed by atoms with Crippen LogP contribution in [0.1, 0.15) is 12.5 Å². The second-order valence-electron chi connectivity index (χ2n) is 3.56. The van der Waals surface area contributed by atoms with E-state index in [9.17, 15) is 9.90 Å². The van der Waals surface area contributed by atoms with Crippen LogP contribution in [0.5, 0.6) is 0 Å². The standard InChI is InChI=1S/C12H12NO2/c1-8(12(14)15)6-9-7-13-11-5-3-2-4-10(9)11/h2-8,13H,1H3,(H,14,15)/p-1. The topological polar surface area (TPSA) is 55.9 Å². The number of rotatable bonds is 3. The number of aliphatic carboxylic acids is 1. The van der Waals surface area contributed by atoms with Crippen LogP contribution < -0.4 is 5.11 Å². The fourth-order valence-corrected chi connectivity index (χ4v) is 1.57. The molecule has 3 nitrogen and oxygen atoms in total. The highest BCUT2D eigenvalue weighted by atomic mass is 16.4. The van der Waals surface area contributed by atoms with Gasteiger partial charge < -0.3 is 14.9 Å². The monoisotopic (exact) mass is 201 g/mol. The summed E-state index contributed by atoms with van der Waals surface area (Å²) in [7, 11) is 0. The van der Waals surface area contributed by atoms with Gasteiger partial charge in [0.05, 0.1) is 0 Å². The number of carbonyl (C=O) groups is 1. The smallest absolute Gasteiger partial charge is 0.0456 e. The Labute approximate surface area is 87.7 Å². The number of fused-ring (bicyclic) bond motifs is 1. The van der Waals surface area contributed by atoms with Crippen molar-refractivity contribution in [2.45, 2.75) is 6.92 Å². The molecule has 0 aliphatic heterocycles. The van der Waals surface area contributed by atoms with Gasteiger partial charge in [-0.15, -0.1) is 0 Å². The summed E-state index contributed by atoms with van der Waals surface area (Å²) in [5, 5.41) is 11.6. The van der Waals surface area contributed by atoms with Gasteiger partial charge in [0.1, 0.15) is 0 Å². The number of nitrogens with one attached hydrogen (secondary N) is 1. The summed E-state index contributed by atoms with van der Waals surface area (Å²) in [5.41, 5.74) is 1.91. The number of H-pyrrole nitrogens is 1.